The van der Waals surface area contributed by atoms with Gasteiger partial charge in [0.1, 0.15) is 10.1 Å². The van der Waals surface area contributed by atoms with E-state index in [-0.39, 0.29) is 45.5 Å². The standard InChI is InChI=1S/2C8H10O3S.H3N.Na/c2*1-2-7-5-3-4-6-8(7)12(9,10)11;;/h2*3-6H,2H2,1H3,(H,9,10,11);1H3;/q;;;+1/p-1. The van der Waals surface area contributed by atoms with Gasteiger partial charge in [0.25, 0.3) is 10.1 Å². The molecule has 0 aromatic heterocycles. The zero-order valence-electron chi connectivity index (χ0n) is 15.0. The first-order valence-corrected chi connectivity index (χ1v) is 10.0. The van der Waals surface area contributed by atoms with Gasteiger partial charge in [-0.05, 0) is 36.1 Å². The Balaban J connectivity index is 0. The van der Waals surface area contributed by atoms with Crippen molar-refractivity contribution in [3.63, 3.8) is 0 Å². The Hall–Kier alpha value is -0.780. The van der Waals surface area contributed by atoms with Crippen LogP contribution < -0.4 is 35.7 Å². The summed E-state index contributed by atoms with van der Waals surface area (Å²) in [6.45, 7) is 3.65. The average molecular weight is 411 g/mol. The monoisotopic (exact) mass is 411 g/mol. The van der Waals surface area contributed by atoms with Gasteiger partial charge in [-0.3, -0.25) is 4.55 Å². The molecule has 140 valence electrons. The Morgan fingerprint density at radius 3 is 1.42 bits per heavy atom. The summed E-state index contributed by atoms with van der Waals surface area (Å²) in [5, 5.41) is 0. The molecular weight excluding hydrogens is 389 g/mol. The molecule has 26 heavy (non-hydrogen) atoms. The van der Waals surface area contributed by atoms with Crippen molar-refractivity contribution in [1.29, 1.82) is 0 Å². The smallest absolute Gasteiger partial charge is 0.744 e. The third-order valence-corrected chi connectivity index (χ3v) is 5.15. The predicted octanol–water partition coefficient (Wildman–Crippen LogP) is -0.185. The van der Waals surface area contributed by atoms with E-state index >= 15 is 0 Å². The maximum Gasteiger partial charge on any atom is 1.00 e. The average Bonchev–Trinajstić information content (AvgIpc) is 2.53. The molecule has 2 aromatic rings. The van der Waals surface area contributed by atoms with E-state index in [1.807, 2.05) is 13.8 Å². The molecule has 4 N–H and O–H groups in total. The summed E-state index contributed by atoms with van der Waals surface area (Å²) >= 11 is 0. The van der Waals surface area contributed by atoms with Crippen molar-refractivity contribution in [2.24, 2.45) is 0 Å². The topological polar surface area (TPSA) is 147 Å². The third kappa shape index (κ3) is 8.28. The molecule has 0 aliphatic rings. The van der Waals surface area contributed by atoms with Crippen LogP contribution in [0.15, 0.2) is 58.3 Å². The van der Waals surface area contributed by atoms with Gasteiger partial charge in [-0.25, -0.2) is 8.42 Å². The van der Waals surface area contributed by atoms with Gasteiger partial charge in [0.05, 0.1) is 9.79 Å². The summed E-state index contributed by atoms with van der Waals surface area (Å²) in [5.41, 5.74) is 1.22. The Morgan fingerprint density at radius 1 is 0.808 bits per heavy atom. The molecule has 2 rings (SSSR count). The number of hydrogen-bond acceptors (Lipinski definition) is 6. The molecule has 0 saturated heterocycles. The van der Waals surface area contributed by atoms with E-state index in [0.717, 1.165) is 0 Å². The summed E-state index contributed by atoms with van der Waals surface area (Å²) in [4.78, 5) is -0.0972. The Kier molecular flexibility index (Phi) is 12.5. The zero-order chi connectivity index (χ0) is 18.4. The molecule has 0 spiro atoms. The van der Waals surface area contributed by atoms with E-state index in [0.29, 0.717) is 24.0 Å². The van der Waals surface area contributed by atoms with Crippen LogP contribution in [0.5, 0.6) is 0 Å². The molecule has 0 aliphatic heterocycles. The Morgan fingerprint density at radius 2 is 1.15 bits per heavy atom. The first kappa shape index (κ1) is 27.4. The Bertz CT molecular complexity index is 823. The fraction of sp³-hybridized carbons (Fsp3) is 0.250. The van der Waals surface area contributed by atoms with Crippen LogP contribution in [0, 0.1) is 0 Å². The fourth-order valence-electron chi connectivity index (χ4n) is 2.09. The number of benzene rings is 2. The number of hydrogen-bond donors (Lipinski definition) is 2. The van der Waals surface area contributed by atoms with E-state index in [1.54, 1.807) is 36.4 Å². The number of aryl methyl sites for hydroxylation is 2. The first-order chi connectivity index (χ1) is 11.1. The van der Waals surface area contributed by atoms with Gasteiger partial charge in [0, 0.05) is 0 Å². The van der Waals surface area contributed by atoms with Crippen molar-refractivity contribution in [1.82, 2.24) is 6.15 Å². The molecule has 0 atom stereocenters. The van der Waals surface area contributed by atoms with Crippen LogP contribution in [0.4, 0.5) is 0 Å². The van der Waals surface area contributed by atoms with Crippen LogP contribution >= 0.6 is 0 Å². The predicted molar refractivity (Wildman–Crippen MR) is 94.4 cm³/mol. The van der Waals surface area contributed by atoms with Crippen LogP contribution in [-0.2, 0) is 33.1 Å². The van der Waals surface area contributed by atoms with Gasteiger partial charge in [-0.1, -0.05) is 50.2 Å². The molecule has 7 nitrogen and oxygen atoms in total. The molecule has 0 unspecified atom stereocenters. The van der Waals surface area contributed by atoms with Crippen LogP contribution in [0.25, 0.3) is 0 Å². The molecule has 0 heterocycles. The van der Waals surface area contributed by atoms with Gasteiger partial charge in [-0.2, -0.15) is 8.42 Å². The molecule has 2 aromatic carbocycles. The van der Waals surface area contributed by atoms with E-state index in [2.05, 4.69) is 0 Å². The van der Waals surface area contributed by atoms with Crippen molar-refractivity contribution in [3.05, 3.63) is 59.7 Å². The summed E-state index contributed by atoms with van der Waals surface area (Å²) in [7, 11) is -8.34. The van der Waals surface area contributed by atoms with E-state index in [9.17, 15) is 21.4 Å². The maximum atomic E-state index is 10.8. The third-order valence-electron chi connectivity index (χ3n) is 3.25. The van der Waals surface area contributed by atoms with Crippen molar-refractivity contribution >= 4 is 20.2 Å². The molecule has 0 aliphatic carbocycles. The van der Waals surface area contributed by atoms with Gasteiger partial charge < -0.3 is 10.7 Å². The van der Waals surface area contributed by atoms with Gasteiger partial charge in [0.15, 0.2) is 0 Å². The quantitative estimate of drug-likeness (QED) is 0.524. The van der Waals surface area contributed by atoms with Gasteiger partial charge in [-0.15, -0.1) is 0 Å². The minimum atomic E-state index is -4.30. The van der Waals surface area contributed by atoms with Crippen molar-refractivity contribution in [3.8, 4) is 0 Å². The first-order valence-electron chi connectivity index (χ1n) is 7.20. The number of rotatable bonds is 4. The second kappa shape index (κ2) is 11.8. The van der Waals surface area contributed by atoms with Crippen molar-refractivity contribution in [2.75, 3.05) is 0 Å². The second-order valence-corrected chi connectivity index (χ2v) is 7.59. The molecule has 0 amide bonds. The molecule has 10 heteroatoms. The Labute approximate surface area is 177 Å². The largest absolute Gasteiger partial charge is 1.00 e. The van der Waals surface area contributed by atoms with Crippen LogP contribution in [0.3, 0.4) is 0 Å². The SMILES string of the molecule is CCc1ccccc1S(=O)(=O)O.CCc1ccccc1S(=O)(=O)[O-].N.[Na+]. The summed E-state index contributed by atoms with van der Waals surface area (Å²) in [5.74, 6) is 0. The summed E-state index contributed by atoms with van der Waals surface area (Å²) in [6, 6.07) is 12.6. The van der Waals surface area contributed by atoms with E-state index in [1.165, 1.54) is 12.1 Å². The zero-order valence-corrected chi connectivity index (χ0v) is 18.7. The van der Waals surface area contributed by atoms with Crippen molar-refractivity contribution < 1.29 is 55.5 Å². The van der Waals surface area contributed by atoms with E-state index < -0.39 is 20.2 Å². The molecule has 0 bridgehead atoms. The maximum absolute atomic E-state index is 10.8. The van der Waals surface area contributed by atoms with Crippen molar-refractivity contribution in [2.45, 2.75) is 36.5 Å². The summed E-state index contributed by atoms with van der Waals surface area (Å²) < 4.78 is 62.3. The summed E-state index contributed by atoms with van der Waals surface area (Å²) in [6.07, 6.45) is 1.15. The minimum Gasteiger partial charge on any atom is -0.744 e. The van der Waals surface area contributed by atoms with Crippen LogP contribution in [-0.4, -0.2) is 25.9 Å². The molecule has 0 fully saturated rings. The molecule has 0 saturated carbocycles. The van der Waals surface area contributed by atoms with Crippen LogP contribution in [0.2, 0.25) is 0 Å². The van der Waals surface area contributed by atoms with Gasteiger partial charge in [0.2, 0.25) is 0 Å². The molecular formula is C16H22NNaO6S2. The van der Waals surface area contributed by atoms with Crippen LogP contribution in [0.1, 0.15) is 25.0 Å². The normalized spacial score (nSPS) is 10.6. The second-order valence-electron chi connectivity index (χ2n) is 4.85. The minimum absolute atomic E-state index is 0. The van der Waals surface area contributed by atoms with E-state index in [4.69, 9.17) is 4.55 Å². The van der Waals surface area contributed by atoms with Gasteiger partial charge >= 0.3 is 29.6 Å². The fourth-order valence-corrected chi connectivity index (χ4v) is 3.66. The molecule has 0 radical (unpaired) electrons.